The van der Waals surface area contributed by atoms with E-state index in [1.807, 2.05) is 11.9 Å². The summed E-state index contributed by atoms with van der Waals surface area (Å²) in [5.74, 6) is 1.22. The minimum absolute atomic E-state index is 0.0373. The Hall–Kier alpha value is -1.74. The van der Waals surface area contributed by atoms with Gasteiger partial charge >= 0.3 is 0 Å². The molecular weight excluding hydrogens is 342 g/mol. The van der Waals surface area contributed by atoms with Crippen LogP contribution in [0, 0.1) is 0 Å². The van der Waals surface area contributed by atoms with Crippen molar-refractivity contribution in [3.8, 4) is 0 Å². The van der Waals surface area contributed by atoms with Gasteiger partial charge in [-0.3, -0.25) is 14.7 Å². The highest BCUT2D eigenvalue weighted by atomic mass is 32.2. The lowest BCUT2D eigenvalue weighted by Crippen LogP contribution is -2.48. The number of likely N-dealkylation sites (N-methyl/N-ethyl adjacent to an activating group) is 1. The first-order chi connectivity index (χ1) is 11.9. The number of nitrogens with zero attached hydrogens (tertiary/aromatic N) is 4. The summed E-state index contributed by atoms with van der Waals surface area (Å²) in [4.78, 5) is 24.7. The van der Waals surface area contributed by atoms with Crippen LogP contribution in [0.5, 0.6) is 0 Å². The highest BCUT2D eigenvalue weighted by Crippen LogP contribution is 2.18. The lowest BCUT2D eigenvalue weighted by Gasteiger charge is -2.33. The van der Waals surface area contributed by atoms with E-state index in [0.29, 0.717) is 6.42 Å². The quantitative estimate of drug-likeness (QED) is 0.762. The smallest absolute Gasteiger partial charge is 0.234 e. The SMILES string of the molecule is CN(CC(=O)NC1CCN(c2cnccn2)CC1)[C@@H]1CCS(=O)(=O)C1. The molecule has 2 aliphatic heterocycles. The maximum atomic E-state index is 12.3. The molecule has 2 fully saturated rings. The number of nitrogens with one attached hydrogen (secondary N) is 1. The molecule has 0 spiro atoms. The Kier molecular flexibility index (Phi) is 5.53. The molecule has 9 heteroatoms. The zero-order chi connectivity index (χ0) is 17.9. The molecule has 3 rings (SSSR count). The van der Waals surface area contributed by atoms with Crippen molar-refractivity contribution < 1.29 is 13.2 Å². The van der Waals surface area contributed by atoms with E-state index in [1.165, 1.54) is 0 Å². The topological polar surface area (TPSA) is 95.5 Å². The average Bonchev–Trinajstić information content (AvgIpc) is 2.96. The molecule has 2 saturated heterocycles. The second-order valence-electron chi connectivity index (χ2n) is 6.86. The van der Waals surface area contributed by atoms with Crippen molar-refractivity contribution in [2.24, 2.45) is 0 Å². The van der Waals surface area contributed by atoms with Crippen molar-refractivity contribution in [1.29, 1.82) is 0 Å². The fraction of sp³-hybridized carbons (Fsp3) is 0.688. The van der Waals surface area contributed by atoms with Gasteiger partial charge in [0.1, 0.15) is 5.82 Å². The van der Waals surface area contributed by atoms with Crippen molar-refractivity contribution in [2.45, 2.75) is 31.3 Å². The van der Waals surface area contributed by atoms with E-state index < -0.39 is 9.84 Å². The van der Waals surface area contributed by atoms with Gasteiger partial charge in [0, 0.05) is 37.6 Å². The van der Waals surface area contributed by atoms with Crippen LogP contribution < -0.4 is 10.2 Å². The Labute approximate surface area is 148 Å². The van der Waals surface area contributed by atoms with Gasteiger partial charge in [-0.25, -0.2) is 13.4 Å². The van der Waals surface area contributed by atoms with Crippen molar-refractivity contribution in [3.05, 3.63) is 18.6 Å². The summed E-state index contributed by atoms with van der Waals surface area (Å²) in [6, 6.07) is 0.107. The zero-order valence-corrected chi connectivity index (χ0v) is 15.3. The fourth-order valence-corrected chi connectivity index (χ4v) is 5.26. The maximum Gasteiger partial charge on any atom is 0.234 e. The lowest BCUT2D eigenvalue weighted by atomic mass is 10.1. The van der Waals surface area contributed by atoms with Gasteiger partial charge < -0.3 is 10.2 Å². The van der Waals surface area contributed by atoms with Crippen LogP contribution >= 0.6 is 0 Å². The summed E-state index contributed by atoms with van der Waals surface area (Å²) in [7, 11) is -1.10. The molecule has 0 saturated carbocycles. The number of hydrogen-bond acceptors (Lipinski definition) is 7. The van der Waals surface area contributed by atoms with Crippen molar-refractivity contribution in [1.82, 2.24) is 20.2 Å². The van der Waals surface area contributed by atoms with E-state index in [4.69, 9.17) is 0 Å². The molecule has 8 nitrogen and oxygen atoms in total. The first kappa shape index (κ1) is 18.1. The molecule has 1 aromatic heterocycles. The summed E-state index contributed by atoms with van der Waals surface area (Å²) in [6.07, 6.45) is 7.44. The first-order valence-electron chi connectivity index (χ1n) is 8.64. The Morgan fingerprint density at radius 1 is 1.32 bits per heavy atom. The molecule has 1 atom stereocenters. The van der Waals surface area contributed by atoms with Crippen LogP contribution in [0.4, 0.5) is 5.82 Å². The summed E-state index contributed by atoms with van der Waals surface area (Å²) < 4.78 is 23.1. The number of aromatic nitrogens is 2. The highest BCUT2D eigenvalue weighted by molar-refractivity contribution is 7.91. The van der Waals surface area contributed by atoms with E-state index in [0.717, 1.165) is 31.7 Å². The molecule has 25 heavy (non-hydrogen) atoms. The fourth-order valence-electron chi connectivity index (χ4n) is 3.46. The normalized spacial score (nSPS) is 23.8. The van der Waals surface area contributed by atoms with Crippen LogP contribution in [0.2, 0.25) is 0 Å². The van der Waals surface area contributed by atoms with Gasteiger partial charge in [0.2, 0.25) is 5.91 Å². The van der Waals surface area contributed by atoms with Crippen LogP contribution in [0.15, 0.2) is 18.6 Å². The van der Waals surface area contributed by atoms with E-state index in [1.54, 1.807) is 18.6 Å². The number of rotatable bonds is 5. The minimum Gasteiger partial charge on any atom is -0.355 e. The summed E-state index contributed by atoms with van der Waals surface area (Å²) >= 11 is 0. The second kappa shape index (κ2) is 7.65. The number of sulfone groups is 1. The van der Waals surface area contributed by atoms with Crippen LogP contribution in [0.3, 0.4) is 0 Å². The Balaban J connectivity index is 1.42. The number of carbonyl (C=O) groups excluding carboxylic acids is 1. The molecule has 3 heterocycles. The van der Waals surface area contributed by atoms with Crippen LogP contribution in [-0.2, 0) is 14.6 Å². The maximum absolute atomic E-state index is 12.3. The predicted molar refractivity (Wildman–Crippen MR) is 95.1 cm³/mol. The molecule has 0 unspecified atom stereocenters. The summed E-state index contributed by atoms with van der Waals surface area (Å²) in [6.45, 7) is 1.91. The van der Waals surface area contributed by atoms with Gasteiger partial charge in [0.15, 0.2) is 9.84 Å². The third kappa shape index (κ3) is 4.88. The average molecular weight is 367 g/mol. The van der Waals surface area contributed by atoms with Crippen molar-refractivity contribution >= 4 is 21.6 Å². The van der Waals surface area contributed by atoms with Crippen LogP contribution in [0.25, 0.3) is 0 Å². The second-order valence-corrected chi connectivity index (χ2v) is 9.09. The van der Waals surface area contributed by atoms with Crippen LogP contribution in [0.1, 0.15) is 19.3 Å². The standard InChI is InChI=1S/C16H25N5O3S/c1-20(14-4-9-25(23,24)12-14)11-16(22)19-13-2-7-21(8-3-13)15-10-17-5-6-18-15/h5-6,10,13-14H,2-4,7-9,11-12H2,1H3,(H,19,22)/t14-/m1/s1. The number of anilines is 1. The minimum atomic E-state index is -2.93. The molecular formula is C16H25N5O3S. The molecule has 1 amide bonds. The van der Waals surface area contributed by atoms with Gasteiger partial charge in [-0.1, -0.05) is 0 Å². The summed E-state index contributed by atoms with van der Waals surface area (Å²) in [5, 5.41) is 3.07. The zero-order valence-electron chi connectivity index (χ0n) is 14.5. The van der Waals surface area contributed by atoms with Crippen molar-refractivity contribution in [3.63, 3.8) is 0 Å². The van der Waals surface area contributed by atoms with Crippen molar-refractivity contribution in [2.75, 3.05) is 43.1 Å². The van der Waals surface area contributed by atoms with Gasteiger partial charge in [-0.2, -0.15) is 0 Å². The molecule has 1 aromatic rings. The van der Waals surface area contributed by atoms with Gasteiger partial charge in [-0.15, -0.1) is 0 Å². The van der Waals surface area contributed by atoms with Gasteiger partial charge in [0.05, 0.1) is 24.2 Å². The van der Waals surface area contributed by atoms with Gasteiger partial charge in [0.25, 0.3) is 0 Å². The highest BCUT2D eigenvalue weighted by Gasteiger charge is 2.31. The summed E-state index contributed by atoms with van der Waals surface area (Å²) in [5.41, 5.74) is 0. The molecule has 2 aliphatic rings. The first-order valence-corrected chi connectivity index (χ1v) is 10.5. The third-order valence-electron chi connectivity index (χ3n) is 4.96. The van der Waals surface area contributed by atoms with E-state index in [9.17, 15) is 13.2 Å². The molecule has 138 valence electrons. The predicted octanol–water partition coefficient (Wildman–Crippen LogP) is -0.319. The molecule has 1 N–H and O–H groups in total. The monoisotopic (exact) mass is 367 g/mol. The Morgan fingerprint density at radius 2 is 2.08 bits per heavy atom. The Bertz CT molecular complexity index is 689. The number of piperidine rings is 1. The molecule has 0 radical (unpaired) electrons. The number of hydrogen-bond donors (Lipinski definition) is 1. The van der Waals surface area contributed by atoms with E-state index in [-0.39, 0.29) is 36.0 Å². The lowest BCUT2D eigenvalue weighted by molar-refractivity contribution is -0.123. The largest absolute Gasteiger partial charge is 0.355 e. The molecule has 0 aliphatic carbocycles. The number of amides is 1. The van der Waals surface area contributed by atoms with Crippen LogP contribution in [-0.4, -0.2) is 79.5 Å². The van der Waals surface area contributed by atoms with E-state index in [2.05, 4.69) is 20.2 Å². The van der Waals surface area contributed by atoms with E-state index >= 15 is 0 Å². The third-order valence-corrected chi connectivity index (χ3v) is 6.71. The molecule has 0 bridgehead atoms. The Morgan fingerprint density at radius 3 is 2.68 bits per heavy atom. The van der Waals surface area contributed by atoms with Gasteiger partial charge in [-0.05, 0) is 26.3 Å². The number of carbonyl (C=O) groups is 1. The molecule has 0 aromatic carbocycles.